The first-order chi connectivity index (χ1) is 29.3. The van der Waals surface area contributed by atoms with Gasteiger partial charge in [-0.05, 0) is 90.0 Å². The van der Waals surface area contributed by atoms with Gasteiger partial charge in [-0.25, -0.2) is 0 Å². The van der Waals surface area contributed by atoms with Crippen LogP contribution in [0.4, 0.5) is 0 Å². The second kappa shape index (κ2) is 21.9. The van der Waals surface area contributed by atoms with Crippen molar-refractivity contribution in [2.24, 2.45) is 11.5 Å². The molecular formula is C39H61N11O11. The zero-order valence-electron chi connectivity index (χ0n) is 34.6. The van der Waals surface area contributed by atoms with Crippen LogP contribution < -0.4 is 32.7 Å². The number of unbranched alkanes of at least 4 members (excludes halogenated alkanes) is 1. The highest BCUT2D eigenvalue weighted by molar-refractivity contribution is 5.98. The SMILES string of the molecule is NCCCC[C@H](NC(=O)CN)C(=O)N1CCC[C@H]1C(=O)NCC(=O)N1CCC[C@H]1C(=O)N1CCC[C@H]1C(=O)NCC(=O)N1CCC[C@H]1C(=O)N1CCC[C@H]1C(=O)NCC(=O)O. The van der Waals surface area contributed by atoms with E-state index in [-0.39, 0.29) is 26.2 Å². The Morgan fingerprint density at radius 1 is 0.525 bits per heavy atom. The molecule has 0 aromatic heterocycles. The lowest BCUT2D eigenvalue weighted by atomic mass is 10.1. The summed E-state index contributed by atoms with van der Waals surface area (Å²) >= 11 is 0. The molecule has 0 spiro atoms. The highest BCUT2D eigenvalue weighted by atomic mass is 16.4. The molecule has 5 aliphatic heterocycles. The van der Waals surface area contributed by atoms with Gasteiger partial charge in [0.05, 0.1) is 19.6 Å². The van der Waals surface area contributed by atoms with Gasteiger partial charge in [0.2, 0.25) is 53.2 Å². The van der Waals surface area contributed by atoms with E-state index in [0.29, 0.717) is 103 Å². The van der Waals surface area contributed by atoms with Crippen LogP contribution in [0.1, 0.15) is 83.5 Å². The van der Waals surface area contributed by atoms with Crippen LogP contribution in [-0.4, -0.2) is 190 Å². The van der Waals surface area contributed by atoms with E-state index in [0.717, 1.165) is 0 Å². The van der Waals surface area contributed by atoms with E-state index in [2.05, 4.69) is 21.3 Å². The number of amides is 9. The number of nitrogens with one attached hydrogen (secondary N) is 4. The molecule has 5 rings (SSSR count). The summed E-state index contributed by atoms with van der Waals surface area (Å²) in [7, 11) is 0. The standard InChI is InChI=1S/C39H61N11O11/c40-14-2-1-8-24(45-30(51)20-41)37(59)48-17-3-9-25(48)34(56)42-21-31(52)46-15-6-12-28(46)38(60)49-18-4-10-26(49)35(57)43-22-32(53)47-16-7-13-29(47)39(61)50-19-5-11-27(50)36(58)44-23-33(54)55/h24-29H,1-23,40-41H2,(H,42,56)(H,43,57)(H,44,58)(H,45,51)(H,54,55)/t24-,25-,26-,27-,28-,29-/m0/s1. The molecule has 0 aromatic rings. The first-order valence-corrected chi connectivity index (χ1v) is 21.5. The molecule has 9 N–H and O–H groups in total. The second-order valence-electron chi connectivity index (χ2n) is 16.2. The second-order valence-corrected chi connectivity index (χ2v) is 16.2. The quantitative estimate of drug-likeness (QED) is 0.0647. The molecule has 0 aliphatic carbocycles. The predicted molar refractivity (Wildman–Crippen MR) is 214 cm³/mol. The molecule has 5 aliphatic rings. The van der Waals surface area contributed by atoms with Gasteiger partial charge in [0.15, 0.2) is 0 Å². The van der Waals surface area contributed by atoms with Gasteiger partial charge in [0, 0.05) is 32.7 Å². The summed E-state index contributed by atoms with van der Waals surface area (Å²) in [5.41, 5.74) is 11.1. The summed E-state index contributed by atoms with van der Waals surface area (Å²) in [6.07, 6.45) is 6.07. The minimum atomic E-state index is -1.21. The van der Waals surface area contributed by atoms with E-state index in [4.69, 9.17) is 16.6 Å². The van der Waals surface area contributed by atoms with E-state index < -0.39 is 115 Å². The van der Waals surface area contributed by atoms with Crippen LogP contribution in [0.15, 0.2) is 0 Å². The number of carboxylic acid groups (broad SMARTS) is 1. The fourth-order valence-electron chi connectivity index (χ4n) is 9.18. The highest BCUT2D eigenvalue weighted by Gasteiger charge is 2.45. The summed E-state index contributed by atoms with van der Waals surface area (Å²) in [5.74, 6) is -5.55. The van der Waals surface area contributed by atoms with Crippen molar-refractivity contribution in [2.45, 2.75) is 120 Å². The molecule has 338 valence electrons. The number of nitrogens with two attached hydrogens (primary N) is 2. The lowest BCUT2D eigenvalue weighted by molar-refractivity contribution is -0.148. The van der Waals surface area contributed by atoms with Gasteiger partial charge in [-0.1, -0.05) is 0 Å². The van der Waals surface area contributed by atoms with Crippen molar-refractivity contribution in [3.8, 4) is 0 Å². The predicted octanol–water partition coefficient (Wildman–Crippen LogP) is -4.05. The minimum absolute atomic E-state index is 0.268. The van der Waals surface area contributed by atoms with Gasteiger partial charge >= 0.3 is 5.97 Å². The van der Waals surface area contributed by atoms with Crippen molar-refractivity contribution in [3.05, 3.63) is 0 Å². The Morgan fingerprint density at radius 2 is 0.918 bits per heavy atom. The number of nitrogens with zero attached hydrogens (tertiary/aromatic N) is 5. The Hall–Kier alpha value is -5.38. The van der Waals surface area contributed by atoms with Gasteiger partial charge in [-0.15, -0.1) is 0 Å². The molecule has 0 unspecified atom stereocenters. The van der Waals surface area contributed by atoms with E-state index in [1.165, 1.54) is 24.5 Å². The summed E-state index contributed by atoms with van der Waals surface area (Å²) in [5, 5.41) is 19.2. The largest absolute Gasteiger partial charge is 0.480 e. The van der Waals surface area contributed by atoms with Crippen molar-refractivity contribution in [2.75, 3.05) is 65.4 Å². The van der Waals surface area contributed by atoms with Crippen LogP contribution in [0.25, 0.3) is 0 Å². The van der Waals surface area contributed by atoms with Gasteiger partial charge in [-0.3, -0.25) is 47.9 Å². The van der Waals surface area contributed by atoms with Gasteiger partial charge in [0.25, 0.3) is 0 Å². The van der Waals surface area contributed by atoms with E-state index in [1.54, 1.807) is 0 Å². The number of hydrogen-bond acceptors (Lipinski definition) is 12. The van der Waals surface area contributed by atoms with Crippen molar-refractivity contribution in [3.63, 3.8) is 0 Å². The molecule has 5 heterocycles. The van der Waals surface area contributed by atoms with Crippen molar-refractivity contribution < 1.29 is 53.1 Å². The summed E-state index contributed by atoms with van der Waals surface area (Å²) in [6, 6.07) is -5.14. The van der Waals surface area contributed by atoms with Gasteiger partial charge in [0.1, 0.15) is 42.8 Å². The summed E-state index contributed by atoms with van der Waals surface area (Å²) in [6.45, 7) is 0.131. The van der Waals surface area contributed by atoms with E-state index in [1.807, 2.05) is 0 Å². The Kier molecular flexibility index (Phi) is 16.8. The third kappa shape index (κ3) is 11.5. The molecule has 0 radical (unpaired) electrons. The minimum Gasteiger partial charge on any atom is -0.480 e. The normalized spacial score (nSPS) is 24.1. The number of likely N-dealkylation sites (tertiary alicyclic amines) is 5. The number of aliphatic carboxylic acids is 1. The molecule has 6 atom stereocenters. The number of hydrogen-bond donors (Lipinski definition) is 7. The van der Waals surface area contributed by atoms with Crippen molar-refractivity contribution >= 4 is 59.1 Å². The molecule has 0 aromatic carbocycles. The maximum atomic E-state index is 13.9. The van der Waals surface area contributed by atoms with Crippen LogP contribution >= 0.6 is 0 Å². The third-order valence-electron chi connectivity index (χ3n) is 12.2. The monoisotopic (exact) mass is 859 g/mol. The molecule has 0 bridgehead atoms. The molecule has 61 heavy (non-hydrogen) atoms. The topological polar surface area (TPSA) is 307 Å². The Bertz CT molecular complexity index is 1700. The Morgan fingerprint density at radius 3 is 1.34 bits per heavy atom. The average molecular weight is 860 g/mol. The molecule has 22 heteroatoms. The highest BCUT2D eigenvalue weighted by Crippen LogP contribution is 2.27. The maximum absolute atomic E-state index is 13.9. The molecular weight excluding hydrogens is 798 g/mol. The summed E-state index contributed by atoms with van der Waals surface area (Å²) < 4.78 is 0. The fraction of sp³-hybridized carbons (Fsp3) is 0.744. The van der Waals surface area contributed by atoms with Crippen LogP contribution in [0.5, 0.6) is 0 Å². The Balaban J connectivity index is 1.11. The third-order valence-corrected chi connectivity index (χ3v) is 12.2. The lowest BCUT2D eigenvalue weighted by Gasteiger charge is -2.32. The molecule has 0 saturated carbocycles. The Labute approximate surface area is 354 Å². The fourth-order valence-corrected chi connectivity index (χ4v) is 9.18. The van der Waals surface area contributed by atoms with E-state index in [9.17, 15) is 47.9 Å². The van der Waals surface area contributed by atoms with Crippen LogP contribution in [-0.2, 0) is 47.9 Å². The number of carboxylic acids is 1. The smallest absolute Gasteiger partial charge is 0.322 e. The molecule has 5 saturated heterocycles. The maximum Gasteiger partial charge on any atom is 0.322 e. The first-order valence-electron chi connectivity index (χ1n) is 21.5. The van der Waals surface area contributed by atoms with Crippen LogP contribution in [0.2, 0.25) is 0 Å². The summed E-state index contributed by atoms with van der Waals surface area (Å²) in [4.78, 5) is 137. The van der Waals surface area contributed by atoms with Crippen LogP contribution in [0.3, 0.4) is 0 Å². The zero-order chi connectivity index (χ0) is 44.2. The molecule has 5 fully saturated rings. The molecule has 9 amide bonds. The lowest BCUT2D eigenvalue weighted by Crippen LogP contribution is -2.56. The van der Waals surface area contributed by atoms with Crippen LogP contribution in [0, 0.1) is 0 Å². The number of carbonyl (C=O) groups excluding carboxylic acids is 9. The van der Waals surface area contributed by atoms with Crippen molar-refractivity contribution in [1.29, 1.82) is 0 Å². The number of carbonyl (C=O) groups is 10. The van der Waals surface area contributed by atoms with E-state index >= 15 is 0 Å². The van der Waals surface area contributed by atoms with Gasteiger partial charge < -0.3 is 62.3 Å². The zero-order valence-corrected chi connectivity index (χ0v) is 34.6. The first kappa shape index (κ1) is 46.7. The average Bonchev–Trinajstić information content (AvgIpc) is 4.11. The molecule has 22 nitrogen and oxygen atoms in total. The number of rotatable bonds is 18. The van der Waals surface area contributed by atoms with Gasteiger partial charge in [-0.2, -0.15) is 0 Å². The van der Waals surface area contributed by atoms with Crippen molar-refractivity contribution in [1.82, 2.24) is 45.8 Å².